The van der Waals surface area contributed by atoms with E-state index in [0.29, 0.717) is 5.56 Å². The zero-order valence-corrected chi connectivity index (χ0v) is 12.1. The fraction of sp³-hybridized carbons (Fsp3) is 0.133. The molecule has 2 aromatic rings. The predicted octanol–water partition coefficient (Wildman–Crippen LogP) is 3.82. The standard InChI is InChI=1S/C15H12F3NO2.ClH/c16-15(17,18)21-13-7-5-11(6-8-13)10-1-3-12(4-2-10)14(20)9-19;/h1-8H,9,19H2;1H. The summed E-state index contributed by atoms with van der Waals surface area (Å²) in [5.41, 5.74) is 7.26. The highest BCUT2D eigenvalue weighted by Crippen LogP contribution is 2.26. The van der Waals surface area contributed by atoms with Crippen molar-refractivity contribution in [1.82, 2.24) is 0 Å². The van der Waals surface area contributed by atoms with Crippen molar-refractivity contribution in [1.29, 1.82) is 0 Å². The van der Waals surface area contributed by atoms with Gasteiger partial charge in [-0.25, -0.2) is 0 Å². The summed E-state index contributed by atoms with van der Waals surface area (Å²) < 4.78 is 40.0. The predicted molar refractivity (Wildman–Crippen MR) is 79.2 cm³/mol. The van der Waals surface area contributed by atoms with Crippen LogP contribution in [0.3, 0.4) is 0 Å². The number of halogens is 4. The number of ketones is 1. The van der Waals surface area contributed by atoms with Gasteiger partial charge in [-0.15, -0.1) is 25.6 Å². The maximum atomic E-state index is 12.1. The summed E-state index contributed by atoms with van der Waals surface area (Å²) in [7, 11) is 0. The Bertz CT molecular complexity index is 625. The molecule has 0 spiro atoms. The number of hydrogen-bond donors (Lipinski definition) is 1. The van der Waals surface area contributed by atoms with Crippen LogP contribution in [-0.2, 0) is 0 Å². The molecule has 3 nitrogen and oxygen atoms in total. The molecule has 2 rings (SSSR count). The molecule has 22 heavy (non-hydrogen) atoms. The summed E-state index contributed by atoms with van der Waals surface area (Å²) in [6.45, 7) is -0.0666. The third-order valence-electron chi connectivity index (χ3n) is 2.81. The Morgan fingerprint density at radius 1 is 0.955 bits per heavy atom. The van der Waals surface area contributed by atoms with Crippen molar-refractivity contribution in [2.75, 3.05) is 6.54 Å². The van der Waals surface area contributed by atoms with Crippen LogP contribution >= 0.6 is 12.4 Å². The Hall–Kier alpha value is -2.05. The number of rotatable bonds is 4. The Labute approximate surface area is 131 Å². The van der Waals surface area contributed by atoms with E-state index < -0.39 is 6.36 Å². The van der Waals surface area contributed by atoms with E-state index >= 15 is 0 Å². The molecular weight excluding hydrogens is 319 g/mol. The van der Waals surface area contributed by atoms with Gasteiger partial charge in [0, 0.05) is 5.56 Å². The summed E-state index contributed by atoms with van der Waals surface area (Å²) in [6.07, 6.45) is -4.70. The van der Waals surface area contributed by atoms with E-state index in [2.05, 4.69) is 4.74 Å². The molecule has 0 amide bonds. The molecular formula is C15H13ClF3NO2. The van der Waals surface area contributed by atoms with E-state index in [9.17, 15) is 18.0 Å². The highest BCUT2D eigenvalue weighted by atomic mass is 35.5. The van der Waals surface area contributed by atoms with Crippen LogP contribution in [0.1, 0.15) is 10.4 Å². The summed E-state index contributed by atoms with van der Waals surface area (Å²) in [6, 6.07) is 12.2. The normalized spacial score (nSPS) is 10.7. The summed E-state index contributed by atoms with van der Waals surface area (Å²) in [4.78, 5) is 11.4. The monoisotopic (exact) mass is 331 g/mol. The third kappa shape index (κ3) is 4.75. The number of nitrogens with two attached hydrogens (primary N) is 1. The van der Waals surface area contributed by atoms with Gasteiger partial charge in [0.1, 0.15) is 5.75 Å². The maximum Gasteiger partial charge on any atom is 0.573 e. The molecule has 118 valence electrons. The molecule has 0 bridgehead atoms. The number of carbonyl (C=O) groups is 1. The van der Waals surface area contributed by atoms with E-state index in [1.807, 2.05) is 0 Å². The van der Waals surface area contributed by atoms with Crippen molar-refractivity contribution < 1.29 is 22.7 Å². The highest BCUT2D eigenvalue weighted by Gasteiger charge is 2.30. The van der Waals surface area contributed by atoms with Crippen LogP contribution in [0.5, 0.6) is 5.75 Å². The van der Waals surface area contributed by atoms with Gasteiger partial charge in [-0.3, -0.25) is 4.79 Å². The molecule has 2 aromatic carbocycles. The molecule has 0 unspecified atom stereocenters. The van der Waals surface area contributed by atoms with Gasteiger partial charge in [-0.2, -0.15) is 0 Å². The number of Topliss-reactive ketones (excluding diaryl/α,β-unsaturated/α-hetero) is 1. The first kappa shape index (κ1) is 18.0. The minimum atomic E-state index is -4.70. The Morgan fingerprint density at radius 2 is 1.41 bits per heavy atom. The summed E-state index contributed by atoms with van der Waals surface area (Å²) in [5.74, 6) is -0.448. The van der Waals surface area contributed by atoms with Crippen LogP contribution in [0.15, 0.2) is 48.5 Å². The van der Waals surface area contributed by atoms with Gasteiger partial charge in [0.05, 0.1) is 6.54 Å². The molecule has 0 saturated heterocycles. The quantitative estimate of drug-likeness (QED) is 0.867. The van der Waals surface area contributed by atoms with Gasteiger partial charge in [-0.1, -0.05) is 36.4 Å². The molecule has 0 aromatic heterocycles. The fourth-order valence-corrected chi connectivity index (χ4v) is 1.82. The lowest BCUT2D eigenvalue weighted by atomic mass is 10.0. The van der Waals surface area contributed by atoms with Gasteiger partial charge < -0.3 is 10.5 Å². The molecule has 0 heterocycles. The summed E-state index contributed by atoms with van der Waals surface area (Å²) in [5, 5.41) is 0. The second-order valence-corrected chi connectivity index (χ2v) is 4.28. The zero-order valence-electron chi connectivity index (χ0n) is 11.3. The van der Waals surface area contributed by atoms with Crippen LogP contribution < -0.4 is 10.5 Å². The second kappa shape index (κ2) is 7.29. The maximum absolute atomic E-state index is 12.1. The summed E-state index contributed by atoms with van der Waals surface area (Å²) >= 11 is 0. The van der Waals surface area contributed by atoms with Crippen LogP contribution in [-0.4, -0.2) is 18.7 Å². The molecule has 0 aliphatic carbocycles. The molecule has 0 aliphatic heterocycles. The molecule has 0 atom stereocenters. The van der Waals surface area contributed by atoms with Crippen LogP contribution in [0.25, 0.3) is 11.1 Å². The van der Waals surface area contributed by atoms with E-state index in [4.69, 9.17) is 5.73 Å². The van der Waals surface area contributed by atoms with Crippen molar-refractivity contribution in [3.05, 3.63) is 54.1 Å². The lowest BCUT2D eigenvalue weighted by Gasteiger charge is -2.09. The molecule has 0 aliphatic rings. The third-order valence-corrected chi connectivity index (χ3v) is 2.81. The van der Waals surface area contributed by atoms with E-state index in [1.54, 1.807) is 24.3 Å². The van der Waals surface area contributed by atoms with Crippen molar-refractivity contribution in [2.24, 2.45) is 5.73 Å². The smallest absolute Gasteiger partial charge is 0.406 e. The van der Waals surface area contributed by atoms with Crippen molar-refractivity contribution in [2.45, 2.75) is 6.36 Å². The van der Waals surface area contributed by atoms with Crippen molar-refractivity contribution in [3.63, 3.8) is 0 Å². The minimum Gasteiger partial charge on any atom is -0.406 e. The van der Waals surface area contributed by atoms with Crippen molar-refractivity contribution in [3.8, 4) is 16.9 Å². The molecule has 0 radical (unpaired) electrons. The first-order chi connectivity index (χ1) is 9.89. The SMILES string of the molecule is Cl.NCC(=O)c1ccc(-c2ccc(OC(F)(F)F)cc2)cc1. The lowest BCUT2D eigenvalue weighted by Crippen LogP contribution is -2.16. The second-order valence-electron chi connectivity index (χ2n) is 4.28. The van der Waals surface area contributed by atoms with Crippen LogP contribution in [0, 0.1) is 0 Å². The molecule has 0 saturated carbocycles. The van der Waals surface area contributed by atoms with E-state index in [-0.39, 0.29) is 30.5 Å². The number of hydrogen-bond acceptors (Lipinski definition) is 3. The zero-order chi connectivity index (χ0) is 15.5. The Morgan fingerprint density at radius 3 is 1.82 bits per heavy atom. The fourth-order valence-electron chi connectivity index (χ4n) is 1.82. The van der Waals surface area contributed by atoms with E-state index in [1.165, 1.54) is 24.3 Å². The van der Waals surface area contributed by atoms with Gasteiger partial charge in [0.25, 0.3) is 0 Å². The lowest BCUT2D eigenvalue weighted by molar-refractivity contribution is -0.274. The largest absolute Gasteiger partial charge is 0.573 e. The number of benzene rings is 2. The first-order valence-electron chi connectivity index (χ1n) is 6.08. The van der Waals surface area contributed by atoms with Gasteiger partial charge in [0.2, 0.25) is 0 Å². The Balaban J connectivity index is 0.00000242. The Kier molecular flexibility index (Phi) is 5.96. The van der Waals surface area contributed by atoms with Gasteiger partial charge in [0.15, 0.2) is 5.78 Å². The van der Waals surface area contributed by atoms with Crippen LogP contribution in [0.2, 0.25) is 0 Å². The molecule has 2 N–H and O–H groups in total. The van der Waals surface area contributed by atoms with Gasteiger partial charge >= 0.3 is 6.36 Å². The minimum absolute atomic E-state index is 0. The first-order valence-corrected chi connectivity index (χ1v) is 6.08. The molecule has 7 heteroatoms. The number of carbonyl (C=O) groups excluding carboxylic acids is 1. The number of ether oxygens (including phenoxy) is 1. The van der Waals surface area contributed by atoms with Crippen LogP contribution in [0.4, 0.5) is 13.2 Å². The van der Waals surface area contributed by atoms with Gasteiger partial charge in [-0.05, 0) is 23.3 Å². The number of alkyl halides is 3. The van der Waals surface area contributed by atoms with E-state index in [0.717, 1.165) is 11.1 Å². The average molecular weight is 332 g/mol. The average Bonchev–Trinajstić information content (AvgIpc) is 2.46. The topological polar surface area (TPSA) is 52.3 Å². The molecule has 0 fully saturated rings. The van der Waals surface area contributed by atoms with Crippen molar-refractivity contribution >= 4 is 18.2 Å². The highest BCUT2D eigenvalue weighted by molar-refractivity contribution is 5.97.